The van der Waals surface area contributed by atoms with Crippen LogP contribution in [0.3, 0.4) is 0 Å². The van der Waals surface area contributed by atoms with E-state index in [0.717, 1.165) is 19.4 Å². The van der Waals surface area contributed by atoms with Gasteiger partial charge in [0.2, 0.25) is 0 Å². The molecule has 25 heavy (non-hydrogen) atoms. The monoisotopic (exact) mass is 379 g/mol. The molecule has 0 unspecified atom stereocenters. The van der Waals surface area contributed by atoms with Crippen molar-refractivity contribution in [2.75, 3.05) is 19.6 Å². The van der Waals surface area contributed by atoms with Crippen molar-refractivity contribution in [2.45, 2.75) is 110 Å². The molecule has 0 aliphatic heterocycles. The maximum Gasteiger partial charge on any atom is 1.00 e. The van der Waals surface area contributed by atoms with Crippen LogP contribution >= 0.6 is 0 Å². The third kappa shape index (κ3) is 23.0. The minimum absolute atomic E-state index is 0. The van der Waals surface area contributed by atoms with Crippen molar-refractivity contribution in [3.05, 3.63) is 0 Å². The van der Waals surface area contributed by atoms with Gasteiger partial charge in [-0.15, -0.1) is 0 Å². The van der Waals surface area contributed by atoms with Crippen LogP contribution in [0.2, 0.25) is 0 Å². The van der Waals surface area contributed by atoms with Crippen LogP contribution in [0.4, 0.5) is 0 Å². The summed E-state index contributed by atoms with van der Waals surface area (Å²) in [5, 5.41) is 10.5. The Balaban J connectivity index is 0. The van der Waals surface area contributed by atoms with Crippen molar-refractivity contribution >= 4 is 5.97 Å². The van der Waals surface area contributed by atoms with E-state index in [1.54, 1.807) is 0 Å². The molecule has 0 rings (SSSR count). The van der Waals surface area contributed by atoms with Crippen molar-refractivity contribution in [3.8, 4) is 0 Å². The fraction of sp³-hybridized carbons (Fsp3) is 0.952. The minimum atomic E-state index is -0.909. The summed E-state index contributed by atoms with van der Waals surface area (Å²) < 4.78 is 0. The Morgan fingerprint density at radius 1 is 0.640 bits per heavy atom. The number of nitrogens with zero attached hydrogens (tertiary/aromatic N) is 1. The largest absolute Gasteiger partial charge is 1.00 e. The Morgan fingerprint density at radius 2 is 1.00 bits per heavy atom. The summed E-state index contributed by atoms with van der Waals surface area (Å²) in [6, 6.07) is 0. The van der Waals surface area contributed by atoms with E-state index in [-0.39, 0.29) is 57.8 Å². The fourth-order valence-electron chi connectivity index (χ4n) is 3.17. The molecule has 0 aliphatic carbocycles. The number of hydrogen-bond donors (Lipinski definition) is 0. The van der Waals surface area contributed by atoms with Crippen molar-refractivity contribution in [3.63, 3.8) is 0 Å². The van der Waals surface area contributed by atoms with Crippen LogP contribution in [-0.4, -0.2) is 30.5 Å². The number of aliphatic carboxylic acids is 1. The zero-order chi connectivity index (χ0) is 17.9. The number of unbranched alkanes of at least 4 members (excludes halogenated alkanes) is 11. The molecule has 0 aromatic rings. The standard InChI is InChI=1S/C21H43NO2.K/c1-3-5-7-9-11-14-18-22(20-16-13-17-21(23)24)19-15-12-10-8-6-4-2;/h3-20H2,1-2H3,(H,23,24);/q;+1/p-1. The third-order valence-corrected chi connectivity index (χ3v) is 4.76. The summed E-state index contributed by atoms with van der Waals surface area (Å²) in [6.07, 6.45) is 18.0. The summed E-state index contributed by atoms with van der Waals surface area (Å²) in [5.74, 6) is -0.909. The Bertz CT molecular complexity index is 259. The molecule has 0 atom stereocenters. The van der Waals surface area contributed by atoms with Gasteiger partial charge in [0.05, 0.1) is 0 Å². The maximum absolute atomic E-state index is 10.5. The van der Waals surface area contributed by atoms with Gasteiger partial charge in [-0.3, -0.25) is 0 Å². The first-order chi connectivity index (χ1) is 11.7. The summed E-state index contributed by atoms with van der Waals surface area (Å²) in [6.45, 7) is 7.94. The second-order valence-electron chi connectivity index (χ2n) is 7.21. The molecule has 0 radical (unpaired) electrons. The van der Waals surface area contributed by atoms with Gasteiger partial charge < -0.3 is 14.8 Å². The van der Waals surface area contributed by atoms with Gasteiger partial charge in [0.1, 0.15) is 0 Å². The van der Waals surface area contributed by atoms with E-state index < -0.39 is 5.97 Å². The number of carbonyl (C=O) groups excluding carboxylic acids is 1. The summed E-state index contributed by atoms with van der Waals surface area (Å²) in [4.78, 5) is 13.1. The smallest absolute Gasteiger partial charge is 0.550 e. The summed E-state index contributed by atoms with van der Waals surface area (Å²) in [5.41, 5.74) is 0. The molecule has 0 aliphatic rings. The molecule has 0 N–H and O–H groups in total. The molecule has 0 amide bonds. The molecule has 3 nitrogen and oxygen atoms in total. The fourth-order valence-corrected chi connectivity index (χ4v) is 3.17. The first-order valence-electron chi connectivity index (χ1n) is 10.6. The third-order valence-electron chi connectivity index (χ3n) is 4.76. The van der Waals surface area contributed by atoms with Crippen LogP contribution in [-0.2, 0) is 4.79 Å². The van der Waals surface area contributed by atoms with Crippen molar-refractivity contribution < 1.29 is 61.3 Å². The summed E-state index contributed by atoms with van der Waals surface area (Å²) in [7, 11) is 0. The zero-order valence-corrected chi connectivity index (χ0v) is 20.6. The van der Waals surface area contributed by atoms with Crippen LogP contribution in [0.1, 0.15) is 110 Å². The zero-order valence-electron chi connectivity index (χ0n) is 17.5. The molecule has 0 fully saturated rings. The molecule has 0 saturated carbocycles. The number of carbonyl (C=O) groups is 1. The predicted octanol–water partition coefficient (Wildman–Crippen LogP) is 1.93. The topological polar surface area (TPSA) is 43.4 Å². The second-order valence-corrected chi connectivity index (χ2v) is 7.21. The minimum Gasteiger partial charge on any atom is -0.550 e. The van der Waals surface area contributed by atoms with Crippen molar-refractivity contribution in [1.29, 1.82) is 0 Å². The molecule has 0 heterocycles. The SMILES string of the molecule is CCCCCCCCN(CCCCCCCC)CCCCC(=O)[O-].[K+]. The van der Waals surface area contributed by atoms with Gasteiger partial charge in [0.15, 0.2) is 0 Å². The molecule has 0 aromatic carbocycles. The quantitative estimate of drug-likeness (QED) is 0.254. The van der Waals surface area contributed by atoms with Gasteiger partial charge in [-0.1, -0.05) is 78.1 Å². The van der Waals surface area contributed by atoms with Gasteiger partial charge in [-0.05, 0) is 51.7 Å². The number of hydrogen-bond acceptors (Lipinski definition) is 3. The van der Waals surface area contributed by atoms with Gasteiger partial charge in [-0.25, -0.2) is 0 Å². The van der Waals surface area contributed by atoms with Gasteiger partial charge in [-0.2, -0.15) is 0 Å². The molecular formula is C21H42KNO2. The average molecular weight is 380 g/mol. The van der Waals surface area contributed by atoms with Crippen LogP contribution in [0.5, 0.6) is 0 Å². The van der Waals surface area contributed by atoms with Crippen LogP contribution in [0.15, 0.2) is 0 Å². The number of rotatable bonds is 19. The van der Waals surface area contributed by atoms with E-state index in [0.29, 0.717) is 0 Å². The summed E-state index contributed by atoms with van der Waals surface area (Å²) >= 11 is 0. The normalized spacial score (nSPS) is 10.8. The van der Waals surface area contributed by atoms with E-state index in [1.807, 2.05) is 0 Å². The van der Waals surface area contributed by atoms with Gasteiger partial charge in [0.25, 0.3) is 0 Å². The first-order valence-corrected chi connectivity index (χ1v) is 10.6. The van der Waals surface area contributed by atoms with E-state index in [1.165, 1.54) is 90.1 Å². The van der Waals surface area contributed by atoms with E-state index in [2.05, 4.69) is 18.7 Å². The Kier molecular flexibility index (Phi) is 26.1. The second kappa shape index (κ2) is 23.1. The Labute approximate surface area is 200 Å². The molecule has 0 aromatic heterocycles. The van der Waals surface area contributed by atoms with E-state index >= 15 is 0 Å². The average Bonchev–Trinajstić information content (AvgIpc) is 2.56. The van der Waals surface area contributed by atoms with Gasteiger partial charge in [0, 0.05) is 5.97 Å². The van der Waals surface area contributed by atoms with Crippen LogP contribution in [0, 0.1) is 0 Å². The molecular weight excluding hydrogens is 337 g/mol. The van der Waals surface area contributed by atoms with E-state index in [4.69, 9.17) is 0 Å². The van der Waals surface area contributed by atoms with Gasteiger partial charge >= 0.3 is 51.4 Å². The molecule has 0 saturated heterocycles. The van der Waals surface area contributed by atoms with Crippen LogP contribution in [0.25, 0.3) is 0 Å². The van der Waals surface area contributed by atoms with Crippen LogP contribution < -0.4 is 56.5 Å². The molecule has 0 spiro atoms. The molecule has 144 valence electrons. The maximum atomic E-state index is 10.5. The van der Waals surface area contributed by atoms with Crippen molar-refractivity contribution in [1.82, 2.24) is 4.90 Å². The first kappa shape index (κ1) is 28.3. The molecule has 0 bridgehead atoms. The predicted molar refractivity (Wildman–Crippen MR) is 102 cm³/mol. The number of carboxylic acids is 1. The molecule has 4 heteroatoms. The Morgan fingerprint density at radius 3 is 1.40 bits per heavy atom. The van der Waals surface area contributed by atoms with E-state index in [9.17, 15) is 9.90 Å². The van der Waals surface area contributed by atoms with Crippen molar-refractivity contribution in [2.24, 2.45) is 0 Å². The number of carboxylic acid groups (broad SMARTS) is 1. The Hall–Kier alpha value is 1.07.